The van der Waals surface area contributed by atoms with Gasteiger partial charge >= 0.3 is 0 Å². The van der Waals surface area contributed by atoms with E-state index in [0.29, 0.717) is 29.9 Å². The van der Waals surface area contributed by atoms with Gasteiger partial charge < -0.3 is 19.1 Å². The highest BCUT2D eigenvalue weighted by molar-refractivity contribution is 7.99. The third-order valence-corrected chi connectivity index (χ3v) is 4.58. The van der Waals surface area contributed by atoms with Crippen LogP contribution in [0.15, 0.2) is 40.3 Å². The highest BCUT2D eigenvalue weighted by Crippen LogP contribution is 2.24. The molecule has 1 amide bonds. The summed E-state index contributed by atoms with van der Waals surface area (Å²) in [6.07, 6.45) is 4.23. The maximum Gasteiger partial charge on any atom is 0.236 e. The molecule has 0 aromatic carbocycles. The summed E-state index contributed by atoms with van der Waals surface area (Å²) in [7, 11) is 1.67. The number of pyridine rings is 1. The van der Waals surface area contributed by atoms with Gasteiger partial charge in [-0.1, -0.05) is 16.9 Å². The van der Waals surface area contributed by atoms with Crippen molar-refractivity contribution in [1.82, 2.24) is 24.9 Å². The fraction of sp³-hybridized carbons (Fsp3) is 0.353. The molecule has 3 aromatic heterocycles. The molecule has 0 radical (unpaired) electrons. The van der Waals surface area contributed by atoms with Crippen LogP contribution in [0.3, 0.4) is 0 Å². The molecule has 27 heavy (non-hydrogen) atoms. The van der Waals surface area contributed by atoms with E-state index in [2.05, 4.69) is 25.7 Å². The SMILES string of the molecule is COCCCn1c(SCC(=O)Nc2cc(C)on2)nnc1-c1ccncc1. The minimum atomic E-state index is -0.190. The van der Waals surface area contributed by atoms with Gasteiger partial charge in [-0.2, -0.15) is 0 Å². The van der Waals surface area contributed by atoms with E-state index in [1.165, 1.54) is 11.8 Å². The number of carbonyl (C=O) groups excluding carboxylic acids is 1. The molecule has 3 heterocycles. The molecule has 0 saturated carbocycles. The summed E-state index contributed by atoms with van der Waals surface area (Å²) in [6.45, 7) is 3.08. The number of amides is 1. The second-order valence-corrected chi connectivity index (χ2v) is 6.64. The highest BCUT2D eigenvalue weighted by atomic mass is 32.2. The predicted molar refractivity (Wildman–Crippen MR) is 100 cm³/mol. The van der Waals surface area contributed by atoms with Gasteiger partial charge in [0.25, 0.3) is 0 Å². The summed E-state index contributed by atoms with van der Waals surface area (Å²) in [5, 5.41) is 15.7. The summed E-state index contributed by atoms with van der Waals surface area (Å²) in [5.41, 5.74) is 0.921. The molecule has 0 aliphatic heterocycles. The highest BCUT2D eigenvalue weighted by Gasteiger charge is 2.16. The Kier molecular flexibility index (Phi) is 6.55. The van der Waals surface area contributed by atoms with Crippen molar-refractivity contribution in [3.63, 3.8) is 0 Å². The van der Waals surface area contributed by atoms with Gasteiger partial charge in [-0.05, 0) is 25.5 Å². The summed E-state index contributed by atoms with van der Waals surface area (Å²) < 4.78 is 12.1. The van der Waals surface area contributed by atoms with E-state index in [0.717, 1.165) is 17.8 Å². The number of aryl methyl sites for hydroxylation is 1. The molecule has 0 saturated heterocycles. The van der Waals surface area contributed by atoms with E-state index in [9.17, 15) is 4.79 Å². The van der Waals surface area contributed by atoms with Gasteiger partial charge in [-0.15, -0.1) is 10.2 Å². The van der Waals surface area contributed by atoms with E-state index in [-0.39, 0.29) is 11.7 Å². The molecule has 0 atom stereocenters. The van der Waals surface area contributed by atoms with E-state index in [4.69, 9.17) is 9.26 Å². The van der Waals surface area contributed by atoms with Crippen molar-refractivity contribution < 1.29 is 14.1 Å². The largest absolute Gasteiger partial charge is 0.385 e. The van der Waals surface area contributed by atoms with Crippen LogP contribution in [0.4, 0.5) is 5.82 Å². The maximum atomic E-state index is 12.1. The Bertz CT molecular complexity index is 880. The molecule has 0 bridgehead atoms. The molecule has 3 rings (SSSR count). The van der Waals surface area contributed by atoms with E-state index < -0.39 is 0 Å². The Labute approximate surface area is 160 Å². The van der Waals surface area contributed by atoms with E-state index in [1.807, 2.05) is 16.7 Å². The van der Waals surface area contributed by atoms with Crippen molar-refractivity contribution in [3.05, 3.63) is 36.4 Å². The van der Waals surface area contributed by atoms with Crippen molar-refractivity contribution >= 4 is 23.5 Å². The van der Waals surface area contributed by atoms with Crippen molar-refractivity contribution in [2.24, 2.45) is 0 Å². The zero-order valence-electron chi connectivity index (χ0n) is 15.1. The zero-order valence-corrected chi connectivity index (χ0v) is 15.9. The van der Waals surface area contributed by atoms with Gasteiger partial charge in [0, 0.05) is 44.3 Å². The lowest BCUT2D eigenvalue weighted by atomic mass is 10.2. The number of methoxy groups -OCH3 is 1. The number of rotatable bonds is 9. The van der Waals surface area contributed by atoms with Gasteiger partial charge in [0.05, 0.1) is 5.75 Å². The second kappa shape index (κ2) is 9.28. The normalized spacial score (nSPS) is 10.9. The molecule has 142 valence electrons. The number of thioether (sulfide) groups is 1. The summed E-state index contributed by atoms with van der Waals surface area (Å²) >= 11 is 1.32. The van der Waals surface area contributed by atoms with Crippen LogP contribution in [0.25, 0.3) is 11.4 Å². The van der Waals surface area contributed by atoms with Gasteiger partial charge in [0.2, 0.25) is 5.91 Å². The standard InChI is InChI=1S/C17H20N6O3S/c1-12-10-14(22-26-12)19-15(24)11-27-17-21-20-16(13-4-6-18-7-5-13)23(17)8-3-9-25-2/h4-7,10H,3,8-9,11H2,1-2H3,(H,19,22,24). The molecule has 0 fully saturated rings. The number of anilines is 1. The van der Waals surface area contributed by atoms with Gasteiger partial charge in [-0.25, -0.2) is 0 Å². The lowest BCUT2D eigenvalue weighted by Gasteiger charge is -2.09. The number of hydrogen-bond donors (Lipinski definition) is 1. The second-order valence-electron chi connectivity index (χ2n) is 5.70. The first-order valence-corrected chi connectivity index (χ1v) is 9.34. The van der Waals surface area contributed by atoms with Gasteiger partial charge in [0.1, 0.15) is 5.76 Å². The summed E-state index contributed by atoms with van der Waals surface area (Å²) in [4.78, 5) is 16.2. The summed E-state index contributed by atoms with van der Waals surface area (Å²) in [6, 6.07) is 5.42. The first-order valence-electron chi connectivity index (χ1n) is 8.36. The Balaban J connectivity index is 1.70. The zero-order chi connectivity index (χ0) is 19.1. The Morgan fingerprint density at radius 2 is 2.15 bits per heavy atom. The number of nitrogens with zero attached hydrogens (tertiary/aromatic N) is 5. The molecular formula is C17H20N6O3S. The number of carbonyl (C=O) groups is 1. The lowest BCUT2D eigenvalue weighted by Crippen LogP contribution is -2.15. The van der Waals surface area contributed by atoms with Crippen LogP contribution in [-0.2, 0) is 16.1 Å². The third-order valence-electron chi connectivity index (χ3n) is 3.61. The van der Waals surface area contributed by atoms with Crippen LogP contribution in [0.5, 0.6) is 0 Å². The fourth-order valence-corrected chi connectivity index (χ4v) is 3.18. The van der Waals surface area contributed by atoms with Gasteiger partial charge in [-0.3, -0.25) is 9.78 Å². The first kappa shape index (κ1) is 19.1. The number of ether oxygens (including phenoxy) is 1. The molecule has 10 heteroatoms. The molecule has 0 unspecified atom stereocenters. The fourth-order valence-electron chi connectivity index (χ4n) is 2.41. The first-order chi connectivity index (χ1) is 13.2. The Morgan fingerprint density at radius 3 is 2.85 bits per heavy atom. The van der Waals surface area contributed by atoms with Crippen LogP contribution in [0, 0.1) is 6.92 Å². The lowest BCUT2D eigenvalue weighted by molar-refractivity contribution is -0.113. The quantitative estimate of drug-likeness (QED) is 0.440. The average Bonchev–Trinajstić information content (AvgIpc) is 3.27. The van der Waals surface area contributed by atoms with Crippen molar-refractivity contribution in [2.45, 2.75) is 25.0 Å². The smallest absolute Gasteiger partial charge is 0.236 e. The third kappa shape index (κ3) is 5.14. The van der Waals surface area contributed by atoms with Crippen LogP contribution >= 0.6 is 11.8 Å². The molecule has 0 aliphatic carbocycles. The number of aromatic nitrogens is 5. The monoisotopic (exact) mass is 388 g/mol. The van der Waals surface area contributed by atoms with Crippen molar-refractivity contribution in [1.29, 1.82) is 0 Å². The van der Waals surface area contributed by atoms with Crippen LogP contribution < -0.4 is 5.32 Å². The maximum absolute atomic E-state index is 12.1. The predicted octanol–water partition coefficient (Wildman–Crippen LogP) is 2.40. The number of nitrogens with one attached hydrogen (secondary N) is 1. The Hall–Kier alpha value is -2.72. The van der Waals surface area contributed by atoms with Gasteiger partial charge in [0.15, 0.2) is 16.8 Å². The molecule has 3 aromatic rings. The Morgan fingerprint density at radius 1 is 1.33 bits per heavy atom. The van der Waals surface area contributed by atoms with Crippen LogP contribution in [0.2, 0.25) is 0 Å². The molecule has 9 nitrogen and oxygen atoms in total. The number of hydrogen-bond acceptors (Lipinski definition) is 8. The average molecular weight is 388 g/mol. The minimum Gasteiger partial charge on any atom is -0.385 e. The molecule has 0 aliphatic rings. The molecule has 1 N–H and O–H groups in total. The summed E-state index contributed by atoms with van der Waals surface area (Å²) in [5.74, 6) is 1.77. The van der Waals surface area contributed by atoms with Crippen LogP contribution in [-0.4, -0.2) is 50.3 Å². The van der Waals surface area contributed by atoms with E-state index in [1.54, 1.807) is 32.5 Å². The molecular weight excluding hydrogens is 368 g/mol. The van der Waals surface area contributed by atoms with Crippen molar-refractivity contribution in [2.75, 3.05) is 24.8 Å². The van der Waals surface area contributed by atoms with Crippen molar-refractivity contribution in [3.8, 4) is 11.4 Å². The van der Waals surface area contributed by atoms with E-state index >= 15 is 0 Å². The molecule has 0 spiro atoms. The topological polar surface area (TPSA) is 108 Å². The van der Waals surface area contributed by atoms with Crippen LogP contribution in [0.1, 0.15) is 12.2 Å². The minimum absolute atomic E-state index is 0.185.